The molecule has 8 nitrogen and oxygen atoms in total. The third-order valence-electron chi connectivity index (χ3n) is 6.90. The first kappa shape index (κ1) is 20.9. The molecule has 2 atom stereocenters. The van der Waals surface area contributed by atoms with E-state index in [1.54, 1.807) is 4.90 Å². The van der Waals surface area contributed by atoms with Crippen LogP contribution in [0.2, 0.25) is 0 Å². The van der Waals surface area contributed by atoms with Gasteiger partial charge in [-0.1, -0.05) is 25.8 Å². The topological polar surface area (TPSA) is 96.0 Å². The molecule has 0 radical (unpaired) electrons. The van der Waals surface area contributed by atoms with Crippen molar-refractivity contribution in [2.75, 3.05) is 13.2 Å². The zero-order valence-corrected chi connectivity index (χ0v) is 17.7. The Morgan fingerprint density at radius 1 is 1.20 bits per heavy atom. The van der Waals surface area contributed by atoms with E-state index in [0.29, 0.717) is 6.42 Å². The second-order valence-corrected chi connectivity index (χ2v) is 9.04. The van der Waals surface area contributed by atoms with Gasteiger partial charge < -0.3 is 15.0 Å². The predicted molar refractivity (Wildman–Crippen MR) is 108 cm³/mol. The summed E-state index contributed by atoms with van der Waals surface area (Å²) in [4.78, 5) is 53.1. The van der Waals surface area contributed by atoms with Gasteiger partial charge in [-0.3, -0.25) is 19.3 Å². The van der Waals surface area contributed by atoms with E-state index < -0.39 is 24.1 Å². The third kappa shape index (κ3) is 3.96. The quantitative estimate of drug-likeness (QED) is 0.529. The second kappa shape index (κ2) is 8.40. The molecule has 4 aliphatic rings. The summed E-state index contributed by atoms with van der Waals surface area (Å²) < 4.78 is 5.18. The van der Waals surface area contributed by atoms with Crippen molar-refractivity contribution in [2.45, 2.75) is 82.7 Å². The van der Waals surface area contributed by atoms with Gasteiger partial charge in [0.15, 0.2) is 6.61 Å². The summed E-state index contributed by atoms with van der Waals surface area (Å²) in [7, 11) is 0. The Morgan fingerprint density at radius 3 is 2.67 bits per heavy atom. The highest BCUT2D eigenvalue weighted by atomic mass is 16.5. The van der Waals surface area contributed by atoms with Crippen LogP contribution >= 0.6 is 0 Å². The Morgan fingerprint density at radius 2 is 2.00 bits per heavy atom. The molecule has 2 saturated carbocycles. The van der Waals surface area contributed by atoms with Gasteiger partial charge in [0.1, 0.15) is 12.1 Å². The lowest BCUT2D eigenvalue weighted by molar-refractivity contribution is -0.153. The number of nitrogens with one attached hydrogen (secondary N) is 1. The second-order valence-electron chi connectivity index (χ2n) is 9.04. The van der Waals surface area contributed by atoms with Crippen molar-refractivity contribution in [3.05, 3.63) is 11.8 Å². The maximum absolute atomic E-state index is 12.9. The molecule has 1 heterocycles. The van der Waals surface area contributed by atoms with Crippen LogP contribution in [0.25, 0.3) is 0 Å². The van der Waals surface area contributed by atoms with Crippen LogP contribution < -0.4 is 5.32 Å². The van der Waals surface area contributed by atoms with Crippen LogP contribution in [0.4, 0.5) is 4.79 Å². The number of nitrogens with zero attached hydrogens (tertiary/aromatic N) is 2. The number of carbonyl (C=O) groups excluding carboxylic acids is 4. The van der Waals surface area contributed by atoms with Gasteiger partial charge in [-0.25, -0.2) is 4.79 Å². The number of hydrogen-bond donors (Lipinski definition) is 1. The number of carbonyl (C=O) groups is 4. The van der Waals surface area contributed by atoms with E-state index >= 15 is 0 Å². The molecule has 0 bridgehead atoms. The molecule has 1 spiro atoms. The maximum atomic E-state index is 12.9. The molecule has 1 N–H and O–H groups in total. The standard InChI is InChI=1S/C22H31N3O5/c1-15-7-5-6-12-22(15)20(28)24(21(29)23-22)13-19(27)30-14-18(26)25(17-10-11-17)16-8-3-2-4-9-16/h8,15,17H,2-7,9-14H2,1H3,(H,23,29)/t15-,22+/m0/s1. The molecular weight excluding hydrogens is 386 g/mol. The lowest BCUT2D eigenvalue weighted by atomic mass is 9.73. The van der Waals surface area contributed by atoms with E-state index in [4.69, 9.17) is 4.74 Å². The minimum atomic E-state index is -0.901. The lowest BCUT2D eigenvalue weighted by Gasteiger charge is -2.36. The van der Waals surface area contributed by atoms with Gasteiger partial charge in [-0.05, 0) is 57.3 Å². The molecule has 3 aliphatic carbocycles. The Bertz CT molecular complexity index is 775. The zero-order valence-electron chi connectivity index (χ0n) is 17.7. The minimum absolute atomic E-state index is 0.0289. The van der Waals surface area contributed by atoms with Crippen molar-refractivity contribution in [3.63, 3.8) is 0 Å². The fourth-order valence-electron chi connectivity index (χ4n) is 5.00. The maximum Gasteiger partial charge on any atom is 0.326 e. The van der Waals surface area contributed by atoms with E-state index in [-0.39, 0.29) is 30.4 Å². The highest BCUT2D eigenvalue weighted by Gasteiger charge is 2.55. The smallest absolute Gasteiger partial charge is 0.326 e. The fourth-order valence-corrected chi connectivity index (χ4v) is 5.00. The monoisotopic (exact) mass is 417 g/mol. The highest BCUT2D eigenvalue weighted by Crippen LogP contribution is 2.38. The number of imide groups is 1. The van der Waals surface area contributed by atoms with Gasteiger partial charge in [-0.15, -0.1) is 0 Å². The van der Waals surface area contributed by atoms with Crippen LogP contribution in [0.3, 0.4) is 0 Å². The molecule has 1 aliphatic heterocycles. The van der Waals surface area contributed by atoms with Crippen LogP contribution in [0.5, 0.6) is 0 Å². The van der Waals surface area contributed by atoms with E-state index in [0.717, 1.165) is 68.4 Å². The van der Waals surface area contributed by atoms with E-state index in [9.17, 15) is 19.2 Å². The van der Waals surface area contributed by atoms with Crippen LogP contribution in [-0.2, 0) is 19.1 Å². The highest BCUT2D eigenvalue weighted by molar-refractivity contribution is 6.09. The average molecular weight is 418 g/mol. The normalized spacial score (nSPS) is 28.9. The summed E-state index contributed by atoms with van der Waals surface area (Å²) in [5, 5.41) is 2.82. The van der Waals surface area contributed by atoms with E-state index in [1.807, 2.05) is 6.92 Å². The Hall–Kier alpha value is -2.38. The van der Waals surface area contributed by atoms with Gasteiger partial charge in [0.05, 0.1) is 0 Å². The fraction of sp³-hybridized carbons (Fsp3) is 0.727. The number of esters is 1. The van der Waals surface area contributed by atoms with Gasteiger partial charge in [-0.2, -0.15) is 0 Å². The summed E-state index contributed by atoms with van der Waals surface area (Å²) in [5.74, 6) is -1.29. The van der Waals surface area contributed by atoms with Gasteiger partial charge in [0.2, 0.25) is 0 Å². The van der Waals surface area contributed by atoms with E-state index in [2.05, 4.69) is 11.4 Å². The van der Waals surface area contributed by atoms with Gasteiger partial charge in [0.25, 0.3) is 11.8 Å². The molecule has 0 aromatic carbocycles. The molecular formula is C22H31N3O5. The van der Waals surface area contributed by atoms with Crippen LogP contribution in [0, 0.1) is 5.92 Å². The van der Waals surface area contributed by atoms with Crippen LogP contribution in [0.15, 0.2) is 11.8 Å². The van der Waals surface area contributed by atoms with Crippen molar-refractivity contribution < 1.29 is 23.9 Å². The predicted octanol–water partition coefficient (Wildman–Crippen LogP) is 2.48. The van der Waals surface area contributed by atoms with Crippen molar-refractivity contribution in [3.8, 4) is 0 Å². The molecule has 0 aromatic rings. The Kier molecular flexibility index (Phi) is 5.84. The van der Waals surface area contributed by atoms with Crippen LogP contribution in [0.1, 0.15) is 71.1 Å². The molecule has 8 heteroatoms. The largest absolute Gasteiger partial charge is 0.454 e. The average Bonchev–Trinajstić information content (AvgIpc) is 3.54. The number of allylic oxidation sites excluding steroid dienone is 2. The number of urea groups is 1. The first-order chi connectivity index (χ1) is 14.4. The number of amides is 4. The molecule has 4 rings (SSSR count). The molecule has 1 saturated heterocycles. The molecule has 30 heavy (non-hydrogen) atoms. The first-order valence-corrected chi connectivity index (χ1v) is 11.2. The van der Waals surface area contributed by atoms with Gasteiger partial charge in [0, 0.05) is 11.7 Å². The number of ether oxygens (including phenoxy) is 1. The van der Waals surface area contributed by atoms with Crippen molar-refractivity contribution in [1.29, 1.82) is 0 Å². The number of rotatable bonds is 6. The Balaban J connectivity index is 1.33. The SMILES string of the molecule is C[C@H]1CCCC[C@@]12NC(=O)N(CC(=O)OCC(=O)N(C1=CCCCC1)C1CC1)C2=O. The zero-order chi connectivity index (χ0) is 21.3. The summed E-state index contributed by atoms with van der Waals surface area (Å²) in [6.07, 6.45) is 11.5. The lowest BCUT2D eigenvalue weighted by Crippen LogP contribution is -2.54. The molecule has 164 valence electrons. The molecule has 0 unspecified atom stereocenters. The summed E-state index contributed by atoms with van der Waals surface area (Å²) in [5.41, 5.74) is 0.133. The molecule has 3 fully saturated rings. The summed E-state index contributed by atoms with van der Waals surface area (Å²) in [6, 6.07) is -0.344. The van der Waals surface area contributed by atoms with Gasteiger partial charge >= 0.3 is 12.0 Å². The molecule has 4 amide bonds. The first-order valence-electron chi connectivity index (χ1n) is 11.2. The van der Waals surface area contributed by atoms with E-state index in [1.165, 1.54) is 0 Å². The Labute approximate surface area is 177 Å². The minimum Gasteiger partial charge on any atom is -0.454 e. The van der Waals surface area contributed by atoms with Crippen molar-refractivity contribution in [1.82, 2.24) is 15.1 Å². The third-order valence-corrected chi connectivity index (χ3v) is 6.90. The van der Waals surface area contributed by atoms with Crippen molar-refractivity contribution in [2.24, 2.45) is 5.92 Å². The summed E-state index contributed by atoms with van der Waals surface area (Å²) >= 11 is 0. The van der Waals surface area contributed by atoms with Crippen molar-refractivity contribution >= 4 is 23.8 Å². The molecule has 0 aromatic heterocycles. The summed E-state index contributed by atoms with van der Waals surface area (Å²) in [6.45, 7) is 1.14. The number of hydrogen-bond acceptors (Lipinski definition) is 5. The van der Waals surface area contributed by atoms with Crippen LogP contribution in [-0.4, -0.2) is 58.3 Å².